The van der Waals surface area contributed by atoms with Crippen LogP contribution >= 0.6 is 34.7 Å². The van der Waals surface area contributed by atoms with Crippen molar-refractivity contribution in [1.29, 1.82) is 0 Å². The van der Waals surface area contributed by atoms with Crippen LogP contribution in [0.1, 0.15) is 35.0 Å². The number of nitrogens with one attached hydrogen (secondary N) is 2. The lowest BCUT2D eigenvalue weighted by molar-refractivity contribution is -0.113. The molecular weight excluding hydrogens is 470 g/mol. The minimum atomic E-state index is -0.508. The maximum Gasteiger partial charge on any atom is 0.341 e. The van der Waals surface area contributed by atoms with Crippen molar-refractivity contribution in [3.8, 4) is 11.1 Å². The average Bonchev–Trinajstić information content (AvgIpc) is 3.40. The standard InChI is InChI=1S/C22H20ClN3O4S2/c1-2-30-21(29)18-15(12-6-8-13(23)9-7-12)10-31-20(18)25-17(27)11-32-22-24-16-5-3-4-14(16)19(28)26-22/h6-10H,2-5,11H2,1H3,(H,25,27)(H,24,26,28). The summed E-state index contributed by atoms with van der Waals surface area (Å²) in [5.74, 6) is -0.780. The van der Waals surface area contributed by atoms with Crippen LogP contribution < -0.4 is 10.9 Å². The quantitative estimate of drug-likeness (QED) is 0.287. The van der Waals surface area contributed by atoms with Crippen molar-refractivity contribution in [2.45, 2.75) is 31.3 Å². The average molecular weight is 490 g/mol. The third-order valence-electron chi connectivity index (χ3n) is 4.94. The zero-order valence-corrected chi connectivity index (χ0v) is 19.6. The van der Waals surface area contributed by atoms with Crippen LogP contribution in [0.5, 0.6) is 0 Å². The Bertz CT molecular complexity index is 1220. The van der Waals surface area contributed by atoms with Gasteiger partial charge in [0.2, 0.25) is 5.91 Å². The molecule has 1 aliphatic carbocycles. The Balaban J connectivity index is 1.51. The Labute approximate surface area is 197 Å². The van der Waals surface area contributed by atoms with Crippen molar-refractivity contribution in [3.63, 3.8) is 0 Å². The van der Waals surface area contributed by atoms with Crippen molar-refractivity contribution in [3.05, 3.63) is 61.8 Å². The summed E-state index contributed by atoms with van der Waals surface area (Å²) in [5.41, 5.74) is 3.19. The van der Waals surface area contributed by atoms with E-state index in [0.717, 1.165) is 47.8 Å². The number of nitrogens with zero attached hydrogens (tertiary/aromatic N) is 1. The number of benzene rings is 1. The highest BCUT2D eigenvalue weighted by atomic mass is 35.5. The second kappa shape index (κ2) is 9.89. The number of aromatic amines is 1. The predicted octanol–water partition coefficient (Wildman–Crippen LogP) is 4.55. The van der Waals surface area contributed by atoms with Gasteiger partial charge in [-0.05, 0) is 43.9 Å². The fourth-order valence-electron chi connectivity index (χ4n) is 3.48. The lowest BCUT2D eigenvalue weighted by atomic mass is 10.0. The molecule has 2 N–H and O–H groups in total. The highest BCUT2D eigenvalue weighted by Gasteiger charge is 2.23. The lowest BCUT2D eigenvalue weighted by Crippen LogP contribution is -2.18. The van der Waals surface area contributed by atoms with Gasteiger partial charge in [-0.15, -0.1) is 11.3 Å². The van der Waals surface area contributed by atoms with E-state index in [1.807, 2.05) is 12.1 Å². The first-order valence-corrected chi connectivity index (χ1v) is 12.3. The normalized spacial score (nSPS) is 12.4. The van der Waals surface area contributed by atoms with E-state index in [-0.39, 0.29) is 23.8 Å². The molecule has 7 nitrogen and oxygen atoms in total. The number of hydrogen-bond donors (Lipinski definition) is 2. The fourth-order valence-corrected chi connectivity index (χ4v) is 5.26. The summed E-state index contributed by atoms with van der Waals surface area (Å²) >= 11 is 8.38. The topological polar surface area (TPSA) is 101 Å². The number of aromatic nitrogens is 2. The number of carbonyl (C=O) groups excluding carboxylic acids is 2. The van der Waals surface area contributed by atoms with E-state index >= 15 is 0 Å². The molecule has 32 heavy (non-hydrogen) atoms. The fraction of sp³-hybridized carbons (Fsp3) is 0.273. The van der Waals surface area contributed by atoms with E-state index < -0.39 is 5.97 Å². The summed E-state index contributed by atoms with van der Waals surface area (Å²) in [6.45, 7) is 1.95. The number of carbonyl (C=O) groups is 2. The molecule has 166 valence electrons. The molecule has 0 saturated carbocycles. The number of halogens is 1. The molecule has 3 aromatic rings. The van der Waals surface area contributed by atoms with Gasteiger partial charge < -0.3 is 15.0 Å². The second-order valence-electron chi connectivity index (χ2n) is 7.07. The van der Waals surface area contributed by atoms with Crippen LogP contribution in [-0.2, 0) is 22.4 Å². The Kier molecular flexibility index (Phi) is 6.98. The number of esters is 1. The van der Waals surface area contributed by atoms with Gasteiger partial charge in [0.15, 0.2) is 5.16 Å². The molecule has 0 saturated heterocycles. The van der Waals surface area contributed by atoms with Gasteiger partial charge in [-0.1, -0.05) is 35.5 Å². The number of aryl methyl sites for hydroxylation is 1. The third kappa shape index (κ3) is 4.90. The van der Waals surface area contributed by atoms with Crippen LogP contribution in [0.2, 0.25) is 5.02 Å². The largest absolute Gasteiger partial charge is 0.462 e. The monoisotopic (exact) mass is 489 g/mol. The van der Waals surface area contributed by atoms with Crippen LogP contribution in [0.15, 0.2) is 39.6 Å². The van der Waals surface area contributed by atoms with Gasteiger partial charge in [0, 0.05) is 21.5 Å². The van der Waals surface area contributed by atoms with E-state index in [0.29, 0.717) is 26.3 Å². The van der Waals surface area contributed by atoms with Gasteiger partial charge in [-0.25, -0.2) is 9.78 Å². The van der Waals surface area contributed by atoms with Crippen LogP contribution in [-0.4, -0.2) is 34.2 Å². The van der Waals surface area contributed by atoms with Crippen molar-refractivity contribution in [2.24, 2.45) is 0 Å². The summed E-state index contributed by atoms with van der Waals surface area (Å²) < 4.78 is 5.21. The van der Waals surface area contributed by atoms with Gasteiger partial charge in [0.05, 0.1) is 18.1 Å². The number of H-pyrrole nitrogens is 1. The molecule has 0 spiro atoms. The molecule has 0 atom stereocenters. The first-order valence-electron chi connectivity index (χ1n) is 10.1. The Morgan fingerprint density at radius 3 is 2.81 bits per heavy atom. The summed E-state index contributed by atoms with van der Waals surface area (Å²) in [6, 6.07) is 7.10. The van der Waals surface area contributed by atoms with Crippen LogP contribution in [0, 0.1) is 0 Å². The van der Waals surface area contributed by atoms with E-state index in [9.17, 15) is 14.4 Å². The smallest absolute Gasteiger partial charge is 0.341 e. The minimum absolute atomic E-state index is 0.0399. The SMILES string of the molecule is CCOC(=O)c1c(-c2ccc(Cl)cc2)csc1NC(=O)CSc1nc2c(c(=O)[nH]1)CCC2. The third-order valence-corrected chi connectivity index (χ3v) is 6.96. The van der Waals surface area contributed by atoms with E-state index in [1.54, 1.807) is 24.4 Å². The molecule has 1 aliphatic rings. The lowest BCUT2D eigenvalue weighted by Gasteiger charge is -2.09. The molecule has 2 aromatic heterocycles. The molecule has 4 rings (SSSR count). The first-order chi connectivity index (χ1) is 15.5. The Morgan fingerprint density at radius 1 is 1.28 bits per heavy atom. The molecule has 0 aliphatic heterocycles. The highest BCUT2D eigenvalue weighted by molar-refractivity contribution is 7.99. The van der Waals surface area contributed by atoms with Crippen molar-refractivity contribution in [1.82, 2.24) is 9.97 Å². The molecule has 0 fully saturated rings. The number of rotatable bonds is 7. The Hall–Kier alpha value is -2.62. The van der Waals surface area contributed by atoms with E-state index in [1.165, 1.54) is 11.3 Å². The predicted molar refractivity (Wildman–Crippen MR) is 127 cm³/mol. The molecule has 2 heterocycles. The molecule has 0 bridgehead atoms. The van der Waals surface area contributed by atoms with Crippen LogP contribution in [0.4, 0.5) is 5.00 Å². The van der Waals surface area contributed by atoms with Crippen molar-refractivity contribution < 1.29 is 14.3 Å². The zero-order valence-electron chi connectivity index (χ0n) is 17.2. The molecule has 1 amide bonds. The summed E-state index contributed by atoms with van der Waals surface area (Å²) in [6.07, 6.45) is 2.45. The number of thioether (sulfide) groups is 1. The van der Waals surface area contributed by atoms with Gasteiger partial charge in [-0.2, -0.15) is 0 Å². The van der Waals surface area contributed by atoms with Gasteiger partial charge >= 0.3 is 5.97 Å². The second-order valence-corrected chi connectivity index (χ2v) is 9.35. The van der Waals surface area contributed by atoms with E-state index in [4.69, 9.17) is 16.3 Å². The molecular formula is C22H20ClN3O4S2. The first kappa shape index (κ1) is 22.6. The number of anilines is 1. The number of amides is 1. The van der Waals surface area contributed by atoms with Gasteiger partial charge in [0.1, 0.15) is 10.6 Å². The van der Waals surface area contributed by atoms with Gasteiger partial charge in [0.25, 0.3) is 5.56 Å². The zero-order chi connectivity index (χ0) is 22.7. The van der Waals surface area contributed by atoms with Crippen molar-refractivity contribution >= 4 is 51.6 Å². The number of hydrogen-bond acceptors (Lipinski definition) is 7. The molecule has 0 radical (unpaired) electrons. The summed E-state index contributed by atoms with van der Waals surface area (Å²) in [4.78, 5) is 44.6. The van der Waals surface area contributed by atoms with E-state index in [2.05, 4.69) is 15.3 Å². The van der Waals surface area contributed by atoms with Crippen LogP contribution in [0.25, 0.3) is 11.1 Å². The maximum atomic E-state index is 12.6. The van der Waals surface area contributed by atoms with Gasteiger partial charge in [-0.3, -0.25) is 9.59 Å². The Morgan fingerprint density at radius 2 is 2.06 bits per heavy atom. The maximum absolute atomic E-state index is 12.6. The number of thiophene rings is 1. The molecule has 1 aromatic carbocycles. The molecule has 10 heteroatoms. The molecule has 0 unspecified atom stereocenters. The highest BCUT2D eigenvalue weighted by Crippen LogP contribution is 2.36. The van der Waals surface area contributed by atoms with Crippen LogP contribution in [0.3, 0.4) is 0 Å². The summed E-state index contributed by atoms with van der Waals surface area (Å²) in [5, 5.41) is 6.02. The number of fused-ring (bicyclic) bond motifs is 1. The summed E-state index contributed by atoms with van der Waals surface area (Å²) in [7, 11) is 0. The number of ether oxygens (including phenoxy) is 1. The van der Waals surface area contributed by atoms with Crippen molar-refractivity contribution in [2.75, 3.05) is 17.7 Å². The minimum Gasteiger partial charge on any atom is -0.462 e.